The first-order valence-electron chi connectivity index (χ1n) is 7.89. The smallest absolute Gasteiger partial charge is 0.238 e. The van der Waals surface area contributed by atoms with E-state index >= 15 is 0 Å². The summed E-state index contributed by atoms with van der Waals surface area (Å²) in [7, 11) is 0. The van der Waals surface area contributed by atoms with Gasteiger partial charge in [-0.25, -0.2) is 9.97 Å². The molecular formula is C17H17ClN6O. The first-order valence-corrected chi connectivity index (χ1v) is 8.27. The number of hydrogen-bond acceptors (Lipinski definition) is 6. The molecule has 0 saturated carbocycles. The Hall–Kier alpha value is -2.69. The largest absolute Gasteiger partial charge is 0.352 e. The molecule has 2 aromatic rings. The molecule has 1 aliphatic heterocycles. The van der Waals surface area contributed by atoms with Gasteiger partial charge in [0.1, 0.15) is 6.07 Å². The van der Waals surface area contributed by atoms with Crippen LogP contribution in [0.3, 0.4) is 0 Å². The second-order valence-corrected chi connectivity index (χ2v) is 6.10. The number of halogens is 1. The van der Waals surface area contributed by atoms with Crippen molar-refractivity contribution >= 4 is 29.0 Å². The van der Waals surface area contributed by atoms with Crippen LogP contribution >= 0.6 is 11.6 Å². The first-order chi connectivity index (χ1) is 12.2. The van der Waals surface area contributed by atoms with E-state index in [0.717, 1.165) is 18.8 Å². The molecule has 1 aromatic heterocycles. The minimum atomic E-state index is -0.0620. The predicted molar refractivity (Wildman–Crippen MR) is 95.5 cm³/mol. The summed E-state index contributed by atoms with van der Waals surface area (Å²) in [5, 5.41) is 12.6. The number of carbonyl (C=O) groups excluding carboxylic acids is 1. The molecule has 0 atom stereocenters. The molecule has 8 heteroatoms. The van der Waals surface area contributed by atoms with Crippen LogP contribution in [0.25, 0.3) is 0 Å². The monoisotopic (exact) mass is 356 g/mol. The fraction of sp³-hybridized carbons (Fsp3) is 0.294. The summed E-state index contributed by atoms with van der Waals surface area (Å²) in [6.45, 7) is 3.15. The van der Waals surface area contributed by atoms with Gasteiger partial charge in [0.15, 0.2) is 11.5 Å². The second-order valence-electron chi connectivity index (χ2n) is 5.66. The van der Waals surface area contributed by atoms with Gasteiger partial charge in [0.2, 0.25) is 5.91 Å². The molecule has 0 aliphatic carbocycles. The summed E-state index contributed by atoms with van der Waals surface area (Å²) in [5.74, 6) is 0.545. The molecule has 25 heavy (non-hydrogen) atoms. The molecule has 1 fully saturated rings. The van der Waals surface area contributed by atoms with Gasteiger partial charge in [-0.05, 0) is 24.3 Å². The third-order valence-electron chi connectivity index (χ3n) is 3.95. The zero-order chi connectivity index (χ0) is 17.6. The van der Waals surface area contributed by atoms with E-state index in [1.165, 1.54) is 6.20 Å². The van der Waals surface area contributed by atoms with Crippen LogP contribution in [0.2, 0.25) is 5.02 Å². The fourth-order valence-electron chi connectivity index (χ4n) is 2.70. The molecule has 1 aromatic carbocycles. The van der Waals surface area contributed by atoms with Crippen LogP contribution in [-0.4, -0.2) is 53.5 Å². The number of nitriles is 1. The highest BCUT2D eigenvalue weighted by Crippen LogP contribution is 2.16. The molecule has 1 aliphatic rings. The Kier molecular flexibility index (Phi) is 5.43. The average molecular weight is 357 g/mol. The summed E-state index contributed by atoms with van der Waals surface area (Å²) in [6.07, 6.45) is 3.10. The van der Waals surface area contributed by atoms with Crippen LogP contribution in [0.5, 0.6) is 0 Å². The highest BCUT2D eigenvalue weighted by Gasteiger charge is 2.22. The van der Waals surface area contributed by atoms with Crippen LogP contribution in [-0.2, 0) is 4.79 Å². The number of rotatable bonds is 4. The number of nitrogens with zero attached hydrogens (tertiary/aromatic N) is 5. The van der Waals surface area contributed by atoms with E-state index in [0.29, 0.717) is 36.2 Å². The van der Waals surface area contributed by atoms with Crippen molar-refractivity contribution in [3.63, 3.8) is 0 Å². The number of carbonyl (C=O) groups is 1. The summed E-state index contributed by atoms with van der Waals surface area (Å²) < 4.78 is 0. The maximum Gasteiger partial charge on any atom is 0.238 e. The number of aromatic nitrogens is 2. The van der Waals surface area contributed by atoms with Crippen molar-refractivity contribution in [3.8, 4) is 6.07 Å². The van der Waals surface area contributed by atoms with E-state index in [9.17, 15) is 4.79 Å². The van der Waals surface area contributed by atoms with Gasteiger partial charge < -0.3 is 10.2 Å². The van der Waals surface area contributed by atoms with Gasteiger partial charge in [0.05, 0.1) is 6.54 Å². The zero-order valence-corrected chi connectivity index (χ0v) is 14.3. The Labute approximate surface area is 150 Å². The van der Waals surface area contributed by atoms with Crippen molar-refractivity contribution in [2.24, 2.45) is 0 Å². The van der Waals surface area contributed by atoms with Gasteiger partial charge in [0.25, 0.3) is 0 Å². The standard InChI is InChI=1S/C17H17ClN6O/c18-13-1-3-14(4-2-13)22-16(25)12-23-7-9-24(10-8-23)17-15(11-19)20-5-6-21-17/h1-6H,7-10,12H2,(H,22,25). The molecular weight excluding hydrogens is 340 g/mol. The Bertz CT molecular complexity index is 780. The number of amides is 1. The van der Waals surface area contributed by atoms with Crippen LogP contribution in [0.15, 0.2) is 36.7 Å². The van der Waals surface area contributed by atoms with E-state index in [1.807, 2.05) is 4.90 Å². The third-order valence-corrected chi connectivity index (χ3v) is 4.20. The summed E-state index contributed by atoms with van der Waals surface area (Å²) in [6, 6.07) is 9.09. The van der Waals surface area contributed by atoms with Gasteiger partial charge in [-0.2, -0.15) is 5.26 Å². The molecule has 2 heterocycles. The highest BCUT2D eigenvalue weighted by atomic mass is 35.5. The average Bonchev–Trinajstić information content (AvgIpc) is 2.64. The van der Waals surface area contributed by atoms with Crippen LogP contribution < -0.4 is 10.2 Å². The highest BCUT2D eigenvalue weighted by molar-refractivity contribution is 6.30. The van der Waals surface area contributed by atoms with Crippen molar-refractivity contribution in [1.29, 1.82) is 5.26 Å². The molecule has 1 amide bonds. The Morgan fingerprint density at radius 3 is 2.52 bits per heavy atom. The third kappa shape index (κ3) is 4.44. The SMILES string of the molecule is N#Cc1nccnc1N1CCN(CC(=O)Nc2ccc(Cl)cc2)CC1. The molecule has 0 bridgehead atoms. The minimum absolute atomic E-state index is 0.0620. The van der Waals surface area contributed by atoms with Gasteiger partial charge in [-0.3, -0.25) is 9.69 Å². The molecule has 0 unspecified atom stereocenters. The first kappa shape index (κ1) is 17.1. The topological polar surface area (TPSA) is 85.2 Å². The molecule has 0 radical (unpaired) electrons. The summed E-state index contributed by atoms with van der Waals surface area (Å²) >= 11 is 5.83. The summed E-state index contributed by atoms with van der Waals surface area (Å²) in [4.78, 5) is 24.5. The number of anilines is 2. The Morgan fingerprint density at radius 1 is 1.16 bits per heavy atom. The molecule has 1 N–H and O–H groups in total. The Morgan fingerprint density at radius 2 is 1.84 bits per heavy atom. The minimum Gasteiger partial charge on any atom is -0.352 e. The normalized spacial score (nSPS) is 14.8. The predicted octanol–water partition coefficient (Wildman–Crippen LogP) is 1.76. The number of nitrogens with one attached hydrogen (secondary N) is 1. The van der Waals surface area contributed by atoms with Crippen LogP contribution in [0.1, 0.15) is 5.69 Å². The van der Waals surface area contributed by atoms with E-state index < -0.39 is 0 Å². The fourth-order valence-corrected chi connectivity index (χ4v) is 2.82. The lowest BCUT2D eigenvalue weighted by Crippen LogP contribution is -2.49. The van der Waals surface area contributed by atoms with E-state index in [4.69, 9.17) is 16.9 Å². The molecule has 128 valence electrons. The molecule has 3 rings (SSSR count). The second kappa shape index (κ2) is 7.92. The maximum absolute atomic E-state index is 12.2. The van der Waals surface area contributed by atoms with Gasteiger partial charge in [0, 0.05) is 49.3 Å². The van der Waals surface area contributed by atoms with Gasteiger partial charge >= 0.3 is 0 Å². The van der Waals surface area contributed by atoms with Gasteiger partial charge in [-0.15, -0.1) is 0 Å². The molecule has 1 saturated heterocycles. The van der Waals surface area contributed by atoms with Crippen molar-refractivity contribution < 1.29 is 4.79 Å². The summed E-state index contributed by atoms with van der Waals surface area (Å²) in [5.41, 5.74) is 1.06. The lowest BCUT2D eigenvalue weighted by atomic mass is 10.2. The van der Waals surface area contributed by atoms with Crippen molar-refractivity contribution in [2.75, 3.05) is 42.9 Å². The van der Waals surface area contributed by atoms with Crippen molar-refractivity contribution in [2.45, 2.75) is 0 Å². The number of hydrogen-bond donors (Lipinski definition) is 1. The van der Waals surface area contributed by atoms with Gasteiger partial charge in [-0.1, -0.05) is 11.6 Å². The molecule has 7 nitrogen and oxygen atoms in total. The lowest BCUT2D eigenvalue weighted by Gasteiger charge is -2.35. The quantitative estimate of drug-likeness (QED) is 0.898. The van der Waals surface area contributed by atoms with E-state index in [-0.39, 0.29) is 5.91 Å². The molecule has 0 spiro atoms. The van der Waals surface area contributed by atoms with Crippen molar-refractivity contribution in [1.82, 2.24) is 14.9 Å². The lowest BCUT2D eigenvalue weighted by molar-refractivity contribution is -0.117. The number of benzene rings is 1. The Balaban J connectivity index is 1.51. The van der Waals surface area contributed by atoms with Crippen LogP contribution in [0, 0.1) is 11.3 Å². The zero-order valence-electron chi connectivity index (χ0n) is 13.5. The van der Waals surface area contributed by atoms with Crippen LogP contribution in [0.4, 0.5) is 11.5 Å². The maximum atomic E-state index is 12.2. The van der Waals surface area contributed by atoms with Crippen molar-refractivity contribution in [3.05, 3.63) is 47.4 Å². The number of piperazine rings is 1. The van der Waals surface area contributed by atoms with E-state index in [2.05, 4.69) is 26.3 Å². The van der Waals surface area contributed by atoms with E-state index in [1.54, 1.807) is 30.5 Å².